The highest BCUT2D eigenvalue weighted by molar-refractivity contribution is 7.99. The van der Waals surface area contributed by atoms with Crippen molar-refractivity contribution in [3.05, 3.63) is 29.8 Å². The van der Waals surface area contributed by atoms with Crippen LogP contribution in [0.5, 0.6) is 5.75 Å². The average molecular weight is 291 g/mol. The van der Waals surface area contributed by atoms with Gasteiger partial charge in [-0.2, -0.15) is 11.8 Å². The fourth-order valence-corrected chi connectivity index (χ4v) is 3.08. The number of hydrogen-bond acceptors (Lipinski definition) is 3. The lowest BCUT2D eigenvalue weighted by Crippen LogP contribution is -2.32. The van der Waals surface area contributed by atoms with Gasteiger partial charge in [-0.3, -0.25) is 0 Å². The quantitative estimate of drug-likeness (QED) is 0.916. The van der Waals surface area contributed by atoms with Crippen molar-refractivity contribution >= 4 is 11.8 Å². The molecule has 2 nitrogen and oxygen atoms in total. The molecule has 19 heavy (non-hydrogen) atoms. The summed E-state index contributed by atoms with van der Waals surface area (Å²) >= 11 is 1.96. The van der Waals surface area contributed by atoms with Gasteiger partial charge in [0.25, 0.3) is 0 Å². The fourth-order valence-electron chi connectivity index (χ4n) is 1.97. The van der Waals surface area contributed by atoms with Crippen molar-refractivity contribution in [3.63, 3.8) is 0 Å². The Labute approximate surface area is 114 Å². The first-order chi connectivity index (χ1) is 9.03. The monoisotopic (exact) mass is 291 g/mol. The molecule has 0 radical (unpaired) electrons. The standard InChI is InChI=1S/C13H16F3NOS/c14-13(15,16)18-12-3-1-10(2-4-12)9-17-11-5-7-19-8-6-11/h1-4,11,17H,5-9H2. The van der Waals surface area contributed by atoms with E-state index in [0.29, 0.717) is 12.6 Å². The van der Waals surface area contributed by atoms with Crippen LogP contribution >= 0.6 is 11.8 Å². The number of rotatable bonds is 4. The third-order valence-corrected chi connectivity index (χ3v) is 4.02. The van der Waals surface area contributed by atoms with Gasteiger partial charge in [0.2, 0.25) is 0 Å². The highest BCUT2D eigenvalue weighted by atomic mass is 32.2. The van der Waals surface area contributed by atoms with E-state index in [4.69, 9.17) is 0 Å². The Kier molecular flexibility index (Phi) is 4.99. The van der Waals surface area contributed by atoms with Crippen LogP contribution in [0.1, 0.15) is 18.4 Å². The third kappa shape index (κ3) is 5.32. The molecular weight excluding hydrogens is 275 g/mol. The molecule has 1 aromatic rings. The first-order valence-electron chi connectivity index (χ1n) is 6.19. The van der Waals surface area contributed by atoms with E-state index in [9.17, 15) is 13.2 Å². The maximum absolute atomic E-state index is 12.0. The number of alkyl halides is 3. The molecule has 106 valence electrons. The Hall–Kier alpha value is -0.880. The van der Waals surface area contributed by atoms with Gasteiger partial charge >= 0.3 is 6.36 Å². The first kappa shape index (κ1) is 14.5. The van der Waals surface area contributed by atoms with Crippen LogP contribution in [0.25, 0.3) is 0 Å². The summed E-state index contributed by atoms with van der Waals surface area (Å²) in [6.45, 7) is 0.682. The number of thioether (sulfide) groups is 1. The van der Waals surface area contributed by atoms with Crippen LogP contribution in [0.4, 0.5) is 13.2 Å². The van der Waals surface area contributed by atoms with Crippen molar-refractivity contribution < 1.29 is 17.9 Å². The molecule has 0 aromatic heterocycles. The van der Waals surface area contributed by atoms with Gasteiger partial charge in [0, 0.05) is 12.6 Å². The summed E-state index contributed by atoms with van der Waals surface area (Å²) in [6, 6.07) is 6.53. The number of halogens is 3. The second-order valence-electron chi connectivity index (χ2n) is 4.46. The van der Waals surface area contributed by atoms with Crippen molar-refractivity contribution in [1.82, 2.24) is 5.32 Å². The average Bonchev–Trinajstić information content (AvgIpc) is 2.37. The number of benzene rings is 1. The molecule has 1 saturated heterocycles. The van der Waals surface area contributed by atoms with Crippen molar-refractivity contribution in [3.8, 4) is 5.75 Å². The maximum Gasteiger partial charge on any atom is 0.573 e. The lowest BCUT2D eigenvalue weighted by Gasteiger charge is -2.22. The van der Waals surface area contributed by atoms with E-state index < -0.39 is 6.36 Å². The van der Waals surface area contributed by atoms with Crippen LogP contribution in [0, 0.1) is 0 Å². The molecule has 1 aromatic carbocycles. The Balaban J connectivity index is 1.81. The Morgan fingerprint density at radius 1 is 1.16 bits per heavy atom. The van der Waals surface area contributed by atoms with Crippen molar-refractivity contribution in [2.75, 3.05) is 11.5 Å². The molecule has 0 bridgehead atoms. The highest BCUT2D eigenvalue weighted by Crippen LogP contribution is 2.23. The van der Waals surface area contributed by atoms with Gasteiger partial charge in [0.15, 0.2) is 0 Å². The van der Waals surface area contributed by atoms with Gasteiger partial charge in [-0.25, -0.2) is 0 Å². The molecule has 1 fully saturated rings. The first-order valence-corrected chi connectivity index (χ1v) is 7.34. The van der Waals surface area contributed by atoms with E-state index in [1.165, 1.54) is 23.6 Å². The SMILES string of the molecule is FC(F)(F)Oc1ccc(CNC2CCSCC2)cc1. The van der Waals surface area contributed by atoms with E-state index in [0.717, 1.165) is 18.4 Å². The summed E-state index contributed by atoms with van der Waals surface area (Å²) in [5.74, 6) is 2.18. The molecular formula is C13H16F3NOS. The molecule has 1 aliphatic rings. The smallest absolute Gasteiger partial charge is 0.406 e. The molecule has 2 rings (SSSR count). The second-order valence-corrected chi connectivity index (χ2v) is 5.68. The van der Waals surface area contributed by atoms with Gasteiger partial charge in [-0.1, -0.05) is 12.1 Å². The lowest BCUT2D eigenvalue weighted by atomic mass is 10.1. The molecule has 0 atom stereocenters. The van der Waals surface area contributed by atoms with E-state index in [1.54, 1.807) is 12.1 Å². The second kappa shape index (κ2) is 6.52. The minimum Gasteiger partial charge on any atom is -0.406 e. The topological polar surface area (TPSA) is 21.3 Å². The van der Waals surface area contributed by atoms with Crippen LogP contribution in [0.15, 0.2) is 24.3 Å². The van der Waals surface area contributed by atoms with Gasteiger partial charge in [0.1, 0.15) is 5.75 Å². The minimum atomic E-state index is -4.63. The summed E-state index contributed by atoms with van der Waals surface area (Å²) in [6.07, 6.45) is -2.32. The normalized spacial score (nSPS) is 17.4. The number of hydrogen-bond donors (Lipinski definition) is 1. The van der Waals surface area contributed by atoms with Crippen molar-refractivity contribution in [2.24, 2.45) is 0 Å². The van der Waals surface area contributed by atoms with E-state index in [1.807, 2.05) is 11.8 Å². The summed E-state index contributed by atoms with van der Waals surface area (Å²) < 4.78 is 39.8. The van der Waals surface area contributed by atoms with Crippen molar-refractivity contribution in [2.45, 2.75) is 31.8 Å². The van der Waals surface area contributed by atoms with Crippen LogP contribution < -0.4 is 10.1 Å². The summed E-state index contributed by atoms with van der Waals surface area (Å²) in [5.41, 5.74) is 0.966. The lowest BCUT2D eigenvalue weighted by molar-refractivity contribution is -0.274. The molecule has 1 N–H and O–H groups in total. The van der Waals surface area contributed by atoms with E-state index >= 15 is 0 Å². The van der Waals surface area contributed by atoms with Crippen LogP contribution in [-0.4, -0.2) is 23.9 Å². The zero-order chi connectivity index (χ0) is 13.7. The molecule has 1 heterocycles. The zero-order valence-corrected chi connectivity index (χ0v) is 11.2. The predicted molar refractivity (Wildman–Crippen MR) is 70.3 cm³/mol. The highest BCUT2D eigenvalue weighted by Gasteiger charge is 2.30. The van der Waals surface area contributed by atoms with Crippen LogP contribution in [0.2, 0.25) is 0 Å². The predicted octanol–water partition coefficient (Wildman–Crippen LogP) is 3.57. The third-order valence-electron chi connectivity index (χ3n) is 2.97. The van der Waals surface area contributed by atoms with Crippen LogP contribution in [0.3, 0.4) is 0 Å². The molecule has 0 amide bonds. The summed E-state index contributed by atoms with van der Waals surface area (Å²) in [4.78, 5) is 0. The van der Waals surface area contributed by atoms with Gasteiger partial charge in [-0.05, 0) is 42.0 Å². The molecule has 0 saturated carbocycles. The molecule has 0 unspecified atom stereocenters. The minimum absolute atomic E-state index is 0.176. The summed E-state index contributed by atoms with van der Waals surface area (Å²) in [5, 5.41) is 3.43. The van der Waals surface area contributed by atoms with Crippen molar-refractivity contribution in [1.29, 1.82) is 0 Å². The Morgan fingerprint density at radius 2 is 1.79 bits per heavy atom. The van der Waals surface area contributed by atoms with Gasteiger partial charge in [0.05, 0.1) is 0 Å². The molecule has 6 heteroatoms. The van der Waals surface area contributed by atoms with Gasteiger partial charge < -0.3 is 10.1 Å². The maximum atomic E-state index is 12.0. The van der Waals surface area contributed by atoms with Crippen LogP contribution in [-0.2, 0) is 6.54 Å². The zero-order valence-electron chi connectivity index (χ0n) is 10.4. The Bertz CT molecular complexity index is 388. The number of nitrogens with one attached hydrogen (secondary N) is 1. The Morgan fingerprint density at radius 3 is 2.37 bits per heavy atom. The largest absolute Gasteiger partial charge is 0.573 e. The number of ether oxygens (including phenoxy) is 1. The van der Waals surface area contributed by atoms with E-state index in [-0.39, 0.29) is 5.75 Å². The summed E-state index contributed by atoms with van der Waals surface area (Å²) in [7, 11) is 0. The fraction of sp³-hybridized carbons (Fsp3) is 0.538. The molecule has 1 aliphatic heterocycles. The molecule has 0 spiro atoms. The molecule has 0 aliphatic carbocycles. The van der Waals surface area contributed by atoms with Gasteiger partial charge in [-0.15, -0.1) is 13.2 Å². The van der Waals surface area contributed by atoms with E-state index in [2.05, 4.69) is 10.1 Å².